The van der Waals surface area contributed by atoms with Crippen molar-refractivity contribution in [2.75, 3.05) is 6.61 Å². The number of carbonyl (C=O) groups is 1. The summed E-state index contributed by atoms with van der Waals surface area (Å²) in [5, 5.41) is 17.4. The summed E-state index contributed by atoms with van der Waals surface area (Å²) in [5.41, 5.74) is 1.40. The molecule has 14 heavy (non-hydrogen) atoms. The molecule has 0 unspecified atom stereocenters. The second kappa shape index (κ2) is 5.19. The molecule has 1 aromatic rings. The molecule has 0 heterocycles. The number of hydrogen-bond donors (Lipinski definition) is 2. The Labute approximate surface area is 82.3 Å². The van der Waals surface area contributed by atoms with Gasteiger partial charge in [-0.25, -0.2) is 0 Å². The Morgan fingerprint density at radius 1 is 1.29 bits per heavy atom. The van der Waals surface area contributed by atoms with Gasteiger partial charge in [-0.05, 0) is 11.1 Å². The van der Waals surface area contributed by atoms with Crippen molar-refractivity contribution in [3.05, 3.63) is 41.5 Å². The summed E-state index contributed by atoms with van der Waals surface area (Å²) in [4.78, 5) is 10.4. The van der Waals surface area contributed by atoms with E-state index < -0.39 is 5.97 Å². The summed E-state index contributed by atoms with van der Waals surface area (Å²) in [7, 11) is 0. The predicted octanol–water partition coefficient (Wildman–Crippen LogP) is 1.54. The monoisotopic (exact) mass is 192 g/mol. The van der Waals surface area contributed by atoms with Crippen LogP contribution >= 0.6 is 0 Å². The van der Waals surface area contributed by atoms with E-state index in [1.54, 1.807) is 6.08 Å². The van der Waals surface area contributed by atoms with Crippen LogP contribution < -0.4 is 0 Å². The van der Waals surface area contributed by atoms with E-state index in [4.69, 9.17) is 10.2 Å². The second-order valence-corrected chi connectivity index (χ2v) is 2.94. The maximum absolute atomic E-state index is 10.4. The van der Waals surface area contributed by atoms with E-state index >= 15 is 0 Å². The van der Waals surface area contributed by atoms with Gasteiger partial charge in [-0.1, -0.05) is 36.4 Å². The molecular formula is C11H12O3. The third-order valence-electron chi connectivity index (χ3n) is 1.75. The molecule has 0 spiro atoms. The molecule has 0 atom stereocenters. The van der Waals surface area contributed by atoms with Crippen LogP contribution in [0.4, 0.5) is 0 Å². The van der Waals surface area contributed by atoms with E-state index in [-0.39, 0.29) is 13.0 Å². The third-order valence-corrected chi connectivity index (χ3v) is 1.75. The Morgan fingerprint density at radius 2 is 1.93 bits per heavy atom. The first-order valence-electron chi connectivity index (χ1n) is 4.29. The van der Waals surface area contributed by atoms with Crippen LogP contribution in [-0.2, 0) is 4.79 Å². The fourth-order valence-electron chi connectivity index (χ4n) is 1.13. The van der Waals surface area contributed by atoms with Crippen molar-refractivity contribution in [1.82, 2.24) is 0 Å². The zero-order valence-corrected chi connectivity index (χ0v) is 7.68. The second-order valence-electron chi connectivity index (χ2n) is 2.94. The summed E-state index contributed by atoms with van der Waals surface area (Å²) < 4.78 is 0. The SMILES string of the molecule is O=C(O)C/C(=C\c1ccccc1)CO. The van der Waals surface area contributed by atoms with Crippen molar-refractivity contribution in [2.24, 2.45) is 0 Å². The van der Waals surface area contributed by atoms with Crippen molar-refractivity contribution in [3.63, 3.8) is 0 Å². The molecule has 0 aliphatic rings. The molecule has 0 aliphatic heterocycles. The summed E-state index contributed by atoms with van der Waals surface area (Å²) in [6.45, 7) is -0.221. The Bertz CT molecular complexity index is 328. The maximum atomic E-state index is 10.4. The first-order valence-corrected chi connectivity index (χ1v) is 4.29. The molecule has 1 rings (SSSR count). The highest BCUT2D eigenvalue weighted by Crippen LogP contribution is 2.08. The van der Waals surface area contributed by atoms with Gasteiger partial charge in [-0.2, -0.15) is 0 Å². The first kappa shape index (κ1) is 10.5. The van der Waals surface area contributed by atoms with Crippen molar-refractivity contribution >= 4 is 12.0 Å². The number of rotatable bonds is 4. The average molecular weight is 192 g/mol. The van der Waals surface area contributed by atoms with Gasteiger partial charge >= 0.3 is 5.97 Å². The van der Waals surface area contributed by atoms with Crippen LogP contribution in [0.15, 0.2) is 35.9 Å². The molecular weight excluding hydrogens is 180 g/mol. The van der Waals surface area contributed by atoms with E-state index in [2.05, 4.69) is 0 Å². The van der Waals surface area contributed by atoms with Gasteiger partial charge in [0, 0.05) is 0 Å². The largest absolute Gasteiger partial charge is 0.481 e. The summed E-state index contributed by atoms with van der Waals surface area (Å²) in [6, 6.07) is 9.32. The Morgan fingerprint density at radius 3 is 2.43 bits per heavy atom. The minimum atomic E-state index is -0.929. The fourth-order valence-corrected chi connectivity index (χ4v) is 1.13. The lowest BCUT2D eigenvalue weighted by atomic mass is 10.1. The third kappa shape index (κ3) is 3.41. The Kier molecular flexibility index (Phi) is 3.88. The van der Waals surface area contributed by atoms with Crippen molar-refractivity contribution in [3.8, 4) is 0 Å². The number of aliphatic hydroxyl groups is 1. The summed E-state index contributed by atoms with van der Waals surface area (Å²) in [5.74, 6) is -0.929. The molecule has 1 aromatic carbocycles. The lowest BCUT2D eigenvalue weighted by Crippen LogP contribution is -2.00. The smallest absolute Gasteiger partial charge is 0.307 e. The van der Waals surface area contributed by atoms with Crippen LogP contribution in [0, 0.1) is 0 Å². The molecule has 3 heteroatoms. The number of benzene rings is 1. The first-order chi connectivity index (χ1) is 6.72. The number of hydrogen-bond acceptors (Lipinski definition) is 2. The van der Waals surface area contributed by atoms with Crippen LogP contribution in [0.25, 0.3) is 6.08 Å². The van der Waals surface area contributed by atoms with Crippen LogP contribution in [0.2, 0.25) is 0 Å². The number of aliphatic carboxylic acids is 1. The van der Waals surface area contributed by atoms with Gasteiger partial charge in [-0.15, -0.1) is 0 Å². The number of carboxylic acids is 1. The molecule has 0 bridgehead atoms. The molecule has 0 aliphatic carbocycles. The minimum Gasteiger partial charge on any atom is -0.481 e. The van der Waals surface area contributed by atoms with Crippen LogP contribution in [0.3, 0.4) is 0 Å². The van der Waals surface area contributed by atoms with Crippen molar-refractivity contribution in [1.29, 1.82) is 0 Å². The van der Waals surface area contributed by atoms with E-state index in [0.717, 1.165) is 5.56 Å². The van der Waals surface area contributed by atoms with Gasteiger partial charge in [0.1, 0.15) is 0 Å². The molecule has 0 aromatic heterocycles. The molecule has 0 saturated carbocycles. The quantitative estimate of drug-likeness (QED) is 0.760. The highest BCUT2D eigenvalue weighted by atomic mass is 16.4. The van der Waals surface area contributed by atoms with E-state index in [1.165, 1.54) is 0 Å². The standard InChI is InChI=1S/C11H12O3/c12-8-10(7-11(13)14)6-9-4-2-1-3-5-9/h1-6,12H,7-8H2,(H,13,14)/b10-6+. The molecule has 2 N–H and O–H groups in total. The van der Waals surface area contributed by atoms with Crippen LogP contribution in [0.5, 0.6) is 0 Å². The molecule has 0 saturated heterocycles. The zero-order valence-electron chi connectivity index (χ0n) is 7.68. The Balaban J connectivity index is 2.78. The highest BCUT2D eigenvalue weighted by molar-refractivity contribution is 5.72. The molecule has 3 nitrogen and oxygen atoms in total. The van der Waals surface area contributed by atoms with Crippen LogP contribution in [0.1, 0.15) is 12.0 Å². The van der Waals surface area contributed by atoms with Gasteiger partial charge in [-0.3, -0.25) is 4.79 Å². The predicted molar refractivity (Wildman–Crippen MR) is 53.8 cm³/mol. The average Bonchev–Trinajstić information content (AvgIpc) is 2.17. The van der Waals surface area contributed by atoms with E-state index in [0.29, 0.717) is 5.57 Å². The number of aliphatic hydroxyl groups excluding tert-OH is 1. The Hall–Kier alpha value is -1.61. The maximum Gasteiger partial charge on any atom is 0.307 e. The zero-order chi connectivity index (χ0) is 10.4. The summed E-state index contributed by atoms with van der Waals surface area (Å²) in [6.07, 6.45) is 1.57. The van der Waals surface area contributed by atoms with Gasteiger partial charge in [0.15, 0.2) is 0 Å². The highest BCUT2D eigenvalue weighted by Gasteiger charge is 2.02. The molecule has 0 amide bonds. The van der Waals surface area contributed by atoms with E-state index in [9.17, 15) is 4.79 Å². The normalized spacial score (nSPS) is 11.4. The lowest BCUT2D eigenvalue weighted by Gasteiger charge is -2.00. The van der Waals surface area contributed by atoms with Gasteiger partial charge in [0.25, 0.3) is 0 Å². The van der Waals surface area contributed by atoms with Crippen molar-refractivity contribution in [2.45, 2.75) is 6.42 Å². The molecule has 74 valence electrons. The summed E-state index contributed by atoms with van der Waals surface area (Å²) >= 11 is 0. The van der Waals surface area contributed by atoms with Gasteiger partial charge < -0.3 is 10.2 Å². The van der Waals surface area contributed by atoms with Crippen molar-refractivity contribution < 1.29 is 15.0 Å². The van der Waals surface area contributed by atoms with Gasteiger partial charge in [0.05, 0.1) is 13.0 Å². The van der Waals surface area contributed by atoms with Crippen LogP contribution in [-0.4, -0.2) is 22.8 Å². The van der Waals surface area contributed by atoms with E-state index in [1.807, 2.05) is 30.3 Å². The van der Waals surface area contributed by atoms with Gasteiger partial charge in [0.2, 0.25) is 0 Å². The molecule has 0 radical (unpaired) electrons. The number of carboxylic acid groups (broad SMARTS) is 1. The lowest BCUT2D eigenvalue weighted by molar-refractivity contribution is -0.136. The molecule has 0 fully saturated rings. The fraction of sp³-hybridized carbons (Fsp3) is 0.182. The topological polar surface area (TPSA) is 57.5 Å². The minimum absolute atomic E-state index is 0.120.